The van der Waals surface area contributed by atoms with Gasteiger partial charge >= 0.3 is 0 Å². The molecule has 1 aliphatic rings. The largest absolute Gasteiger partial charge is 0.495 e. The molecule has 0 aliphatic heterocycles. The van der Waals surface area contributed by atoms with E-state index in [1.165, 1.54) is 0 Å². The van der Waals surface area contributed by atoms with Crippen molar-refractivity contribution in [1.82, 2.24) is 19.9 Å². The summed E-state index contributed by atoms with van der Waals surface area (Å²) in [6, 6.07) is 9.97. The smallest absolute Gasteiger partial charge is 0.255 e. The van der Waals surface area contributed by atoms with Crippen molar-refractivity contribution < 1.29 is 14.6 Å². The van der Waals surface area contributed by atoms with E-state index in [0.717, 1.165) is 59.1 Å². The number of ether oxygens (including phenoxy) is 1. The summed E-state index contributed by atoms with van der Waals surface area (Å²) in [4.78, 5) is 16.2. The minimum atomic E-state index is -0.245. The highest BCUT2D eigenvalue weighted by atomic mass is 16.5. The van der Waals surface area contributed by atoms with Crippen molar-refractivity contribution in [3.05, 3.63) is 60.0 Å². The first-order valence-electron chi connectivity index (χ1n) is 11.0. The monoisotopic (exact) mass is 433 g/mol. The van der Waals surface area contributed by atoms with E-state index in [1.54, 1.807) is 17.8 Å². The lowest BCUT2D eigenvalue weighted by Crippen LogP contribution is -2.29. The number of aliphatic hydroxyl groups is 1. The molecule has 0 unspecified atom stereocenters. The minimum Gasteiger partial charge on any atom is -0.495 e. The second kappa shape index (κ2) is 8.55. The molecule has 32 heavy (non-hydrogen) atoms. The van der Waals surface area contributed by atoms with Gasteiger partial charge in [-0.2, -0.15) is 5.10 Å². The Morgan fingerprint density at radius 1 is 1.31 bits per heavy atom. The molecule has 0 spiro atoms. The van der Waals surface area contributed by atoms with Crippen LogP contribution in [0.3, 0.4) is 0 Å². The quantitative estimate of drug-likeness (QED) is 0.373. The van der Waals surface area contributed by atoms with Gasteiger partial charge in [0.1, 0.15) is 5.75 Å². The maximum atomic E-state index is 13.0. The summed E-state index contributed by atoms with van der Waals surface area (Å²) in [6.45, 7) is 0.395. The van der Waals surface area contributed by atoms with Crippen LogP contribution in [0.5, 0.6) is 5.75 Å². The molecule has 0 bridgehead atoms. The Morgan fingerprint density at radius 2 is 2.22 bits per heavy atom. The molecule has 1 aromatic carbocycles. The molecule has 8 nitrogen and oxygen atoms in total. The Labute approximate surface area is 185 Å². The van der Waals surface area contributed by atoms with E-state index in [9.17, 15) is 9.90 Å². The number of aliphatic hydroxyl groups excluding tert-OH is 1. The summed E-state index contributed by atoms with van der Waals surface area (Å²) in [5.41, 5.74) is 4.11. The molecule has 1 amide bonds. The standard InChI is InChI=1S/C24H27N5O3/c1-32-22-6-5-15(19-7-9-25-23(19)22)13-26-24(31)20-14-27-29-10-8-17(12-21(20)29)28-16-3-2-4-18(30)11-16/h5-10,12,14,16,18,25,28,30H,2-4,11,13H2,1H3,(H,26,31)/t16-,18-/m0/s1. The fraction of sp³-hybridized carbons (Fsp3) is 0.333. The second-order valence-electron chi connectivity index (χ2n) is 8.34. The first-order chi connectivity index (χ1) is 15.6. The number of pyridine rings is 1. The molecular weight excluding hydrogens is 406 g/mol. The topological polar surface area (TPSA) is 104 Å². The van der Waals surface area contributed by atoms with Gasteiger partial charge in [-0.1, -0.05) is 6.07 Å². The second-order valence-corrected chi connectivity index (χ2v) is 8.34. The normalized spacial score (nSPS) is 18.7. The summed E-state index contributed by atoms with van der Waals surface area (Å²) < 4.78 is 7.10. The van der Waals surface area contributed by atoms with E-state index < -0.39 is 0 Å². The Morgan fingerprint density at radius 3 is 3.06 bits per heavy atom. The predicted molar refractivity (Wildman–Crippen MR) is 123 cm³/mol. The van der Waals surface area contributed by atoms with Gasteiger partial charge in [-0.15, -0.1) is 0 Å². The number of methoxy groups -OCH3 is 1. The van der Waals surface area contributed by atoms with Gasteiger partial charge < -0.3 is 25.5 Å². The highest BCUT2D eigenvalue weighted by molar-refractivity contribution is 6.01. The molecule has 1 aliphatic carbocycles. The average molecular weight is 434 g/mol. The summed E-state index contributed by atoms with van der Waals surface area (Å²) in [5.74, 6) is 0.595. The van der Waals surface area contributed by atoms with Crippen LogP contribution in [-0.4, -0.2) is 44.9 Å². The number of benzene rings is 1. The number of nitrogens with zero attached hydrogens (tertiary/aromatic N) is 2. The number of carbonyl (C=O) groups excluding carboxylic acids is 1. The number of hydrogen-bond acceptors (Lipinski definition) is 5. The van der Waals surface area contributed by atoms with Crippen LogP contribution in [0.15, 0.2) is 48.9 Å². The molecule has 1 fully saturated rings. The van der Waals surface area contributed by atoms with Gasteiger partial charge in [0.05, 0.1) is 36.0 Å². The number of hydrogen-bond donors (Lipinski definition) is 4. The van der Waals surface area contributed by atoms with Crippen molar-refractivity contribution in [2.75, 3.05) is 12.4 Å². The zero-order chi connectivity index (χ0) is 22.1. The van der Waals surface area contributed by atoms with E-state index in [1.807, 2.05) is 42.7 Å². The molecule has 2 atom stereocenters. The zero-order valence-electron chi connectivity index (χ0n) is 18.0. The number of rotatable bonds is 6. The molecular formula is C24H27N5O3. The average Bonchev–Trinajstić information content (AvgIpc) is 3.45. The van der Waals surface area contributed by atoms with E-state index in [2.05, 4.69) is 20.7 Å². The number of nitrogens with one attached hydrogen (secondary N) is 3. The third kappa shape index (κ3) is 3.89. The van der Waals surface area contributed by atoms with Crippen molar-refractivity contribution in [1.29, 1.82) is 0 Å². The van der Waals surface area contributed by atoms with Crippen LogP contribution in [0, 0.1) is 0 Å². The molecule has 8 heteroatoms. The minimum absolute atomic E-state index is 0.176. The number of H-pyrrole nitrogens is 1. The SMILES string of the molecule is COc1ccc(CNC(=O)c2cnn3ccc(N[C@H]4CCC[C@H](O)C4)cc23)c2cc[nH]c12. The van der Waals surface area contributed by atoms with E-state index >= 15 is 0 Å². The molecule has 4 aromatic rings. The maximum absolute atomic E-state index is 13.0. The fourth-order valence-electron chi connectivity index (χ4n) is 4.56. The first kappa shape index (κ1) is 20.4. The predicted octanol–water partition coefficient (Wildman–Crippen LogP) is 3.47. The Bertz CT molecular complexity index is 1260. The third-order valence-electron chi connectivity index (χ3n) is 6.22. The van der Waals surface area contributed by atoms with Gasteiger partial charge in [-0.05, 0) is 55.5 Å². The van der Waals surface area contributed by atoms with Gasteiger partial charge in [0.2, 0.25) is 0 Å². The van der Waals surface area contributed by atoms with Crippen molar-refractivity contribution in [3.63, 3.8) is 0 Å². The molecule has 4 N–H and O–H groups in total. The highest BCUT2D eigenvalue weighted by Gasteiger charge is 2.20. The molecule has 3 aromatic heterocycles. The van der Waals surface area contributed by atoms with Gasteiger partial charge in [0.15, 0.2) is 0 Å². The lowest BCUT2D eigenvalue weighted by Gasteiger charge is -2.27. The first-order valence-corrected chi connectivity index (χ1v) is 11.0. The van der Waals surface area contributed by atoms with Crippen LogP contribution < -0.4 is 15.4 Å². The molecule has 1 saturated carbocycles. The summed E-state index contributed by atoms with van der Waals surface area (Å²) in [6.07, 6.45) is 8.72. The molecule has 0 radical (unpaired) electrons. The Hall–Kier alpha value is -3.52. The van der Waals surface area contributed by atoms with E-state index in [0.29, 0.717) is 12.1 Å². The summed E-state index contributed by atoms with van der Waals surface area (Å²) in [7, 11) is 1.64. The van der Waals surface area contributed by atoms with Crippen molar-refractivity contribution in [2.24, 2.45) is 0 Å². The molecule has 3 heterocycles. The number of amides is 1. The summed E-state index contributed by atoms with van der Waals surface area (Å²) in [5, 5.41) is 21.8. The number of fused-ring (bicyclic) bond motifs is 2. The number of anilines is 1. The van der Waals surface area contributed by atoms with E-state index in [-0.39, 0.29) is 18.1 Å². The third-order valence-corrected chi connectivity index (χ3v) is 6.22. The molecule has 0 saturated heterocycles. The molecule has 5 rings (SSSR count). The van der Waals surface area contributed by atoms with Gasteiger partial charge in [0.25, 0.3) is 5.91 Å². The van der Waals surface area contributed by atoms with Crippen LogP contribution in [0.2, 0.25) is 0 Å². The Balaban J connectivity index is 1.33. The molecule has 166 valence electrons. The van der Waals surface area contributed by atoms with Gasteiger partial charge in [-0.25, -0.2) is 4.52 Å². The Kier molecular flexibility index (Phi) is 5.45. The van der Waals surface area contributed by atoms with Crippen molar-refractivity contribution in [2.45, 2.75) is 44.4 Å². The van der Waals surface area contributed by atoms with Gasteiger partial charge in [0, 0.05) is 36.1 Å². The van der Waals surface area contributed by atoms with Crippen LogP contribution >= 0.6 is 0 Å². The van der Waals surface area contributed by atoms with Crippen LogP contribution in [0.4, 0.5) is 5.69 Å². The van der Waals surface area contributed by atoms with Crippen molar-refractivity contribution >= 4 is 28.0 Å². The highest BCUT2D eigenvalue weighted by Crippen LogP contribution is 2.27. The fourth-order valence-corrected chi connectivity index (χ4v) is 4.56. The van der Waals surface area contributed by atoms with Crippen LogP contribution in [-0.2, 0) is 6.54 Å². The summed E-state index contributed by atoms with van der Waals surface area (Å²) >= 11 is 0. The number of carbonyl (C=O) groups is 1. The lowest BCUT2D eigenvalue weighted by molar-refractivity contribution is 0.0952. The van der Waals surface area contributed by atoms with Crippen molar-refractivity contribution in [3.8, 4) is 5.75 Å². The van der Waals surface area contributed by atoms with Gasteiger partial charge in [-0.3, -0.25) is 4.79 Å². The lowest BCUT2D eigenvalue weighted by atomic mass is 9.93. The number of aromatic nitrogens is 3. The number of aromatic amines is 1. The van der Waals surface area contributed by atoms with E-state index in [4.69, 9.17) is 4.74 Å². The zero-order valence-corrected chi connectivity index (χ0v) is 18.0. The van der Waals surface area contributed by atoms with Crippen LogP contribution in [0.25, 0.3) is 16.4 Å². The van der Waals surface area contributed by atoms with Crippen LogP contribution in [0.1, 0.15) is 41.6 Å². The maximum Gasteiger partial charge on any atom is 0.255 e.